The standard InChI is InChI=1S/C24H29ClO9/c1-11-5-13(33-4)16(25)17(28)15(11)20(30)34-14-7-22(3)18-19(29)21(2,10-27)9-23(18,31)6-12(8-26)24(14,22)32/h5-6,8,14,18-19,27-29,31-32H,7,9-10H2,1-4H3. The molecule has 0 amide bonds. The molecule has 7 atom stereocenters. The van der Waals surface area contributed by atoms with Crippen molar-refractivity contribution in [2.75, 3.05) is 13.7 Å². The highest BCUT2D eigenvalue weighted by molar-refractivity contribution is 6.34. The third kappa shape index (κ3) is 2.94. The second-order valence-corrected chi connectivity index (χ2v) is 10.7. The number of aliphatic hydroxyl groups is 4. The first-order valence-electron chi connectivity index (χ1n) is 10.9. The van der Waals surface area contributed by atoms with Crippen LogP contribution < -0.4 is 4.74 Å². The maximum Gasteiger partial charge on any atom is 0.342 e. The summed E-state index contributed by atoms with van der Waals surface area (Å²) in [4.78, 5) is 25.0. The lowest BCUT2D eigenvalue weighted by Gasteiger charge is -2.66. The molecular formula is C24H29ClO9. The summed E-state index contributed by atoms with van der Waals surface area (Å²) >= 11 is 6.07. The molecule has 0 saturated heterocycles. The molecule has 0 aromatic heterocycles. The van der Waals surface area contributed by atoms with Crippen LogP contribution in [0.3, 0.4) is 0 Å². The van der Waals surface area contributed by atoms with Gasteiger partial charge < -0.3 is 35.0 Å². The Bertz CT molecular complexity index is 1100. The number of benzene rings is 1. The molecular weight excluding hydrogens is 468 g/mol. The zero-order valence-corrected chi connectivity index (χ0v) is 20.1. The monoisotopic (exact) mass is 496 g/mol. The molecule has 5 N–H and O–H groups in total. The number of aldehydes is 1. The van der Waals surface area contributed by atoms with E-state index in [1.807, 2.05) is 0 Å². The van der Waals surface area contributed by atoms with E-state index in [4.69, 9.17) is 21.1 Å². The van der Waals surface area contributed by atoms with Gasteiger partial charge in [0.2, 0.25) is 0 Å². The summed E-state index contributed by atoms with van der Waals surface area (Å²) in [6.07, 6.45) is -0.752. The second-order valence-electron chi connectivity index (χ2n) is 10.3. The summed E-state index contributed by atoms with van der Waals surface area (Å²) in [7, 11) is 1.36. The third-order valence-electron chi connectivity index (χ3n) is 8.30. The smallest absolute Gasteiger partial charge is 0.342 e. The minimum Gasteiger partial charge on any atom is -0.505 e. The predicted molar refractivity (Wildman–Crippen MR) is 120 cm³/mol. The number of rotatable bonds is 5. The largest absolute Gasteiger partial charge is 0.505 e. The highest BCUT2D eigenvalue weighted by atomic mass is 35.5. The number of phenolic OH excluding ortho intramolecular Hbond substituents is 1. The number of fused-ring (bicyclic) bond motifs is 3. The fourth-order valence-electron chi connectivity index (χ4n) is 6.50. The molecule has 0 aliphatic heterocycles. The van der Waals surface area contributed by atoms with E-state index >= 15 is 0 Å². The minimum atomic E-state index is -2.00. The number of esters is 1. The van der Waals surface area contributed by atoms with Crippen molar-refractivity contribution in [2.24, 2.45) is 16.7 Å². The van der Waals surface area contributed by atoms with Crippen LogP contribution in [-0.2, 0) is 9.53 Å². The van der Waals surface area contributed by atoms with Crippen LogP contribution in [0.1, 0.15) is 42.6 Å². The normalized spacial score (nSPS) is 40.5. The Morgan fingerprint density at radius 2 is 1.97 bits per heavy atom. The molecule has 0 radical (unpaired) electrons. The van der Waals surface area contributed by atoms with E-state index in [2.05, 4.69) is 0 Å². The average Bonchev–Trinajstić information content (AvgIpc) is 2.99. The van der Waals surface area contributed by atoms with Gasteiger partial charge in [-0.1, -0.05) is 25.4 Å². The molecule has 34 heavy (non-hydrogen) atoms. The van der Waals surface area contributed by atoms with Crippen molar-refractivity contribution < 1.29 is 44.6 Å². The number of aliphatic hydroxyl groups excluding tert-OH is 2. The SMILES string of the molecule is COc1cc(C)c(C(=O)OC2CC3(C)C4C(O)C(C)(CO)CC4(O)C=C(C=O)C23O)c(O)c1Cl. The second kappa shape index (κ2) is 7.66. The number of methoxy groups -OCH3 is 1. The Kier molecular flexibility index (Phi) is 5.62. The van der Waals surface area contributed by atoms with Crippen molar-refractivity contribution in [1.82, 2.24) is 0 Å². The molecule has 2 saturated carbocycles. The van der Waals surface area contributed by atoms with Gasteiger partial charge in [0.1, 0.15) is 34.3 Å². The fourth-order valence-corrected chi connectivity index (χ4v) is 6.73. The van der Waals surface area contributed by atoms with E-state index in [9.17, 15) is 35.1 Å². The van der Waals surface area contributed by atoms with Crippen molar-refractivity contribution in [1.29, 1.82) is 0 Å². The lowest BCUT2D eigenvalue weighted by Crippen LogP contribution is -2.76. The van der Waals surface area contributed by atoms with Crippen LogP contribution in [0, 0.1) is 23.7 Å². The number of hydrogen-bond donors (Lipinski definition) is 5. The van der Waals surface area contributed by atoms with Crippen molar-refractivity contribution in [3.63, 3.8) is 0 Å². The summed E-state index contributed by atoms with van der Waals surface area (Å²) < 4.78 is 10.6. The Balaban J connectivity index is 1.72. The Labute approximate surface area is 201 Å². The molecule has 4 rings (SSSR count). The molecule has 3 aliphatic carbocycles. The predicted octanol–water partition coefficient (Wildman–Crippen LogP) is 1.28. The molecule has 7 unspecified atom stereocenters. The first-order chi connectivity index (χ1) is 15.7. The number of aromatic hydroxyl groups is 1. The lowest BCUT2D eigenvalue weighted by atomic mass is 9.43. The number of hydrogen-bond acceptors (Lipinski definition) is 9. The van der Waals surface area contributed by atoms with Gasteiger partial charge in [-0.05, 0) is 37.5 Å². The minimum absolute atomic E-state index is 0.00673. The van der Waals surface area contributed by atoms with E-state index in [0.29, 0.717) is 11.8 Å². The molecule has 1 aromatic rings. The van der Waals surface area contributed by atoms with E-state index in [-0.39, 0.29) is 34.8 Å². The van der Waals surface area contributed by atoms with Crippen molar-refractivity contribution in [3.8, 4) is 11.5 Å². The Morgan fingerprint density at radius 1 is 1.32 bits per heavy atom. The van der Waals surface area contributed by atoms with Crippen LogP contribution in [0.4, 0.5) is 0 Å². The quantitative estimate of drug-likeness (QED) is 0.299. The zero-order valence-electron chi connectivity index (χ0n) is 19.3. The highest BCUT2D eigenvalue weighted by Gasteiger charge is 2.78. The third-order valence-corrected chi connectivity index (χ3v) is 8.66. The van der Waals surface area contributed by atoms with Gasteiger partial charge in [0.05, 0.1) is 25.4 Å². The van der Waals surface area contributed by atoms with E-state index in [1.165, 1.54) is 19.3 Å². The van der Waals surface area contributed by atoms with Gasteiger partial charge in [0, 0.05) is 22.3 Å². The fraction of sp³-hybridized carbons (Fsp3) is 0.583. The summed E-state index contributed by atoms with van der Waals surface area (Å²) in [6.45, 7) is 4.39. The number of halogens is 1. The number of aryl methyl sites for hydroxylation is 1. The molecule has 0 heterocycles. The Hall–Kier alpha value is -2.17. The topological polar surface area (TPSA) is 154 Å². The van der Waals surface area contributed by atoms with E-state index in [1.54, 1.807) is 20.8 Å². The molecule has 9 nitrogen and oxygen atoms in total. The zero-order chi connectivity index (χ0) is 25.4. The van der Waals surface area contributed by atoms with Gasteiger partial charge in [-0.2, -0.15) is 0 Å². The lowest BCUT2D eigenvalue weighted by molar-refractivity contribution is -0.273. The Morgan fingerprint density at radius 3 is 2.53 bits per heavy atom. The molecule has 1 aromatic carbocycles. The van der Waals surface area contributed by atoms with E-state index in [0.717, 1.165) is 0 Å². The maximum atomic E-state index is 13.0. The van der Waals surface area contributed by atoms with Gasteiger partial charge in [0.25, 0.3) is 0 Å². The maximum absolute atomic E-state index is 13.0. The van der Waals surface area contributed by atoms with E-state index < -0.39 is 58.5 Å². The summed E-state index contributed by atoms with van der Waals surface area (Å²) in [5.74, 6) is -2.25. The van der Waals surface area contributed by atoms with Crippen LogP contribution in [0.2, 0.25) is 5.02 Å². The molecule has 0 spiro atoms. The molecule has 186 valence electrons. The number of ether oxygens (including phenoxy) is 2. The van der Waals surface area contributed by atoms with Crippen molar-refractivity contribution in [3.05, 3.63) is 33.9 Å². The summed E-state index contributed by atoms with van der Waals surface area (Å²) in [5.41, 5.74) is -5.97. The van der Waals surface area contributed by atoms with Crippen LogP contribution in [0.15, 0.2) is 17.7 Å². The van der Waals surface area contributed by atoms with Gasteiger partial charge in [0.15, 0.2) is 5.75 Å². The van der Waals surface area contributed by atoms with Gasteiger partial charge in [-0.15, -0.1) is 0 Å². The first kappa shape index (κ1) is 24.9. The summed E-state index contributed by atoms with van der Waals surface area (Å²) in [5, 5.41) is 54.3. The van der Waals surface area contributed by atoms with Crippen LogP contribution in [-0.4, -0.2) is 74.9 Å². The average molecular weight is 497 g/mol. The van der Waals surface area contributed by atoms with Gasteiger partial charge in [-0.25, -0.2) is 4.79 Å². The molecule has 3 aliphatic rings. The van der Waals surface area contributed by atoms with Gasteiger partial charge >= 0.3 is 5.97 Å². The highest BCUT2D eigenvalue weighted by Crippen LogP contribution is 2.69. The van der Waals surface area contributed by atoms with Crippen LogP contribution >= 0.6 is 11.6 Å². The van der Waals surface area contributed by atoms with Crippen molar-refractivity contribution in [2.45, 2.75) is 57.0 Å². The molecule has 2 fully saturated rings. The number of carbonyl (C=O) groups is 2. The molecule has 0 bridgehead atoms. The summed E-state index contributed by atoms with van der Waals surface area (Å²) in [6, 6.07) is 1.46. The van der Waals surface area contributed by atoms with Crippen LogP contribution in [0.5, 0.6) is 11.5 Å². The molecule has 10 heteroatoms. The number of phenols is 1. The number of carbonyl (C=O) groups excluding carboxylic acids is 2. The van der Waals surface area contributed by atoms with Crippen molar-refractivity contribution >= 4 is 23.9 Å². The van der Waals surface area contributed by atoms with Gasteiger partial charge in [-0.3, -0.25) is 4.79 Å². The van der Waals surface area contributed by atoms with Crippen LogP contribution in [0.25, 0.3) is 0 Å². The first-order valence-corrected chi connectivity index (χ1v) is 11.3.